The fraction of sp³-hybridized carbons (Fsp3) is 0.800. The summed E-state index contributed by atoms with van der Waals surface area (Å²) in [5.41, 5.74) is 0.419. The van der Waals surface area contributed by atoms with Crippen LogP contribution in [0.3, 0.4) is 0 Å². The Morgan fingerprint density at radius 3 is 2.59 bits per heavy atom. The molecule has 1 aromatic rings. The smallest absolute Gasteiger partial charge is 0.194 e. The van der Waals surface area contributed by atoms with Crippen LogP contribution in [0.15, 0.2) is 4.99 Å². The molecule has 0 aliphatic carbocycles. The monoisotopic (exact) mass is 418 g/mol. The maximum absolute atomic E-state index is 4.44. The molecule has 0 bridgehead atoms. The zero-order valence-electron chi connectivity index (χ0n) is 14.2. The van der Waals surface area contributed by atoms with E-state index in [1.165, 1.54) is 6.42 Å². The number of hydrogen-bond donors (Lipinski definition) is 1. The summed E-state index contributed by atoms with van der Waals surface area (Å²) in [6, 6.07) is 0. The Bertz CT molecular complexity index is 575. The zero-order chi connectivity index (χ0) is 15.3. The van der Waals surface area contributed by atoms with Gasteiger partial charge in [-0.2, -0.15) is 0 Å². The molecule has 0 unspecified atom stereocenters. The summed E-state index contributed by atoms with van der Waals surface area (Å²) in [6.45, 7) is 11.9. The summed E-state index contributed by atoms with van der Waals surface area (Å²) in [5, 5.41) is 12.0. The molecular formula is C15H27IN6. The zero-order valence-corrected chi connectivity index (χ0v) is 16.5. The first-order valence-electron chi connectivity index (χ1n) is 7.76. The predicted molar refractivity (Wildman–Crippen MR) is 98.5 cm³/mol. The van der Waals surface area contributed by atoms with E-state index in [1.807, 2.05) is 7.05 Å². The van der Waals surface area contributed by atoms with Crippen LogP contribution in [-0.2, 0) is 19.5 Å². The number of nitrogens with one attached hydrogen (secondary N) is 1. The topological polar surface area (TPSA) is 58.3 Å². The highest BCUT2D eigenvalue weighted by Gasteiger charge is 2.53. The van der Waals surface area contributed by atoms with E-state index in [0.717, 1.165) is 37.1 Å². The predicted octanol–water partition coefficient (Wildman–Crippen LogP) is 2.04. The van der Waals surface area contributed by atoms with Crippen LogP contribution in [0.5, 0.6) is 0 Å². The molecule has 0 atom stereocenters. The van der Waals surface area contributed by atoms with E-state index in [0.29, 0.717) is 12.0 Å². The summed E-state index contributed by atoms with van der Waals surface area (Å²) in [5.74, 6) is 3.09. The van der Waals surface area contributed by atoms with E-state index in [4.69, 9.17) is 0 Å². The van der Waals surface area contributed by atoms with Gasteiger partial charge in [-0.3, -0.25) is 4.99 Å². The second-order valence-electron chi connectivity index (χ2n) is 7.22. The molecule has 2 aliphatic rings. The number of aliphatic imine (C=N–C) groups is 1. The van der Waals surface area contributed by atoms with E-state index < -0.39 is 0 Å². The molecule has 1 fully saturated rings. The van der Waals surface area contributed by atoms with Gasteiger partial charge in [0.15, 0.2) is 11.8 Å². The van der Waals surface area contributed by atoms with Crippen LogP contribution in [0, 0.1) is 5.41 Å². The van der Waals surface area contributed by atoms with Crippen molar-refractivity contribution in [2.75, 3.05) is 13.6 Å². The van der Waals surface area contributed by atoms with Crippen LogP contribution in [0.25, 0.3) is 0 Å². The Morgan fingerprint density at radius 2 is 2.00 bits per heavy atom. The van der Waals surface area contributed by atoms with Gasteiger partial charge >= 0.3 is 0 Å². The lowest BCUT2D eigenvalue weighted by Gasteiger charge is -2.62. The third-order valence-electron chi connectivity index (χ3n) is 5.44. The fourth-order valence-corrected chi connectivity index (χ4v) is 3.19. The standard InChI is InChI=1S/C15H26N6.HI/c1-14(2)10-21(15(14,3)4)13(16-5)17-9-12-19-18-11-7-6-8-20(11)12;/h6-10H2,1-5H3,(H,16,17);1H. The number of halogens is 1. The quantitative estimate of drug-likeness (QED) is 0.454. The van der Waals surface area contributed by atoms with Crippen molar-refractivity contribution in [3.05, 3.63) is 11.6 Å². The van der Waals surface area contributed by atoms with Gasteiger partial charge in [0, 0.05) is 37.5 Å². The highest BCUT2D eigenvalue weighted by molar-refractivity contribution is 14.0. The van der Waals surface area contributed by atoms with Crippen LogP contribution in [0.4, 0.5) is 0 Å². The summed E-state index contributed by atoms with van der Waals surface area (Å²) in [4.78, 5) is 6.78. The molecule has 3 heterocycles. The summed E-state index contributed by atoms with van der Waals surface area (Å²) >= 11 is 0. The fourth-order valence-electron chi connectivity index (χ4n) is 3.19. The van der Waals surface area contributed by atoms with Gasteiger partial charge in [-0.25, -0.2) is 0 Å². The summed E-state index contributed by atoms with van der Waals surface area (Å²) < 4.78 is 2.23. The van der Waals surface area contributed by atoms with Gasteiger partial charge in [-0.15, -0.1) is 34.2 Å². The highest BCUT2D eigenvalue weighted by atomic mass is 127. The molecule has 6 nitrogen and oxygen atoms in total. The molecule has 1 aromatic heterocycles. The number of nitrogens with zero attached hydrogens (tertiary/aromatic N) is 5. The minimum atomic E-state index is 0. The van der Waals surface area contributed by atoms with Crippen molar-refractivity contribution in [1.29, 1.82) is 0 Å². The van der Waals surface area contributed by atoms with Crippen molar-refractivity contribution in [2.45, 2.75) is 59.2 Å². The Hall–Kier alpha value is -0.860. The number of guanidine groups is 1. The van der Waals surface area contributed by atoms with Gasteiger partial charge in [0.1, 0.15) is 5.82 Å². The SMILES string of the molecule is CN=C(NCc1nnc2n1CCC2)N1CC(C)(C)C1(C)C.I. The van der Waals surface area contributed by atoms with Gasteiger partial charge in [0.05, 0.1) is 6.54 Å². The Kier molecular flexibility index (Phi) is 4.75. The van der Waals surface area contributed by atoms with E-state index in [2.05, 4.69) is 57.7 Å². The lowest BCUT2D eigenvalue weighted by Crippen LogP contribution is -2.72. The number of aromatic nitrogens is 3. The maximum Gasteiger partial charge on any atom is 0.194 e. The first-order chi connectivity index (χ1) is 9.87. The van der Waals surface area contributed by atoms with E-state index in [9.17, 15) is 0 Å². The lowest BCUT2D eigenvalue weighted by molar-refractivity contribution is -0.0668. The molecule has 0 radical (unpaired) electrons. The average molecular weight is 418 g/mol. The second-order valence-corrected chi connectivity index (χ2v) is 7.22. The minimum absolute atomic E-state index is 0. The molecule has 0 amide bonds. The molecular weight excluding hydrogens is 391 g/mol. The van der Waals surface area contributed by atoms with Crippen molar-refractivity contribution < 1.29 is 0 Å². The molecule has 2 aliphatic heterocycles. The van der Waals surface area contributed by atoms with Crippen molar-refractivity contribution in [2.24, 2.45) is 10.4 Å². The summed E-state index contributed by atoms with van der Waals surface area (Å²) in [7, 11) is 1.85. The van der Waals surface area contributed by atoms with Crippen LogP contribution >= 0.6 is 24.0 Å². The molecule has 0 spiro atoms. The second kappa shape index (κ2) is 5.98. The largest absolute Gasteiger partial charge is 0.349 e. The van der Waals surface area contributed by atoms with Crippen LogP contribution in [0.2, 0.25) is 0 Å². The molecule has 124 valence electrons. The van der Waals surface area contributed by atoms with Gasteiger partial charge < -0.3 is 14.8 Å². The van der Waals surface area contributed by atoms with Crippen molar-refractivity contribution >= 4 is 29.9 Å². The Labute approximate surface area is 149 Å². The number of likely N-dealkylation sites (tertiary alicyclic amines) is 1. The van der Waals surface area contributed by atoms with E-state index in [1.54, 1.807) is 0 Å². The normalized spacial score (nSPS) is 21.9. The Balaban J connectivity index is 0.00000176. The molecule has 1 N–H and O–H groups in total. The third-order valence-corrected chi connectivity index (χ3v) is 5.44. The van der Waals surface area contributed by atoms with Gasteiger partial charge in [-0.05, 0) is 20.3 Å². The first kappa shape index (κ1) is 17.5. The first-order valence-corrected chi connectivity index (χ1v) is 7.76. The van der Waals surface area contributed by atoms with Crippen LogP contribution < -0.4 is 5.32 Å². The van der Waals surface area contributed by atoms with E-state index >= 15 is 0 Å². The molecule has 3 rings (SSSR count). The van der Waals surface area contributed by atoms with Crippen molar-refractivity contribution in [3.63, 3.8) is 0 Å². The number of rotatable bonds is 2. The van der Waals surface area contributed by atoms with Crippen LogP contribution in [0.1, 0.15) is 45.8 Å². The van der Waals surface area contributed by atoms with Crippen molar-refractivity contribution in [3.8, 4) is 0 Å². The lowest BCUT2D eigenvalue weighted by atomic mass is 9.65. The number of aryl methyl sites for hydroxylation is 1. The van der Waals surface area contributed by atoms with Gasteiger partial charge in [0.25, 0.3) is 0 Å². The van der Waals surface area contributed by atoms with Gasteiger partial charge in [0.2, 0.25) is 0 Å². The minimum Gasteiger partial charge on any atom is -0.349 e. The highest BCUT2D eigenvalue weighted by Crippen LogP contribution is 2.46. The van der Waals surface area contributed by atoms with Gasteiger partial charge in [-0.1, -0.05) is 13.8 Å². The van der Waals surface area contributed by atoms with E-state index in [-0.39, 0.29) is 29.5 Å². The Morgan fingerprint density at radius 1 is 1.27 bits per heavy atom. The maximum atomic E-state index is 4.44. The summed E-state index contributed by atoms with van der Waals surface area (Å²) in [6.07, 6.45) is 2.23. The molecule has 0 aromatic carbocycles. The third kappa shape index (κ3) is 2.61. The number of hydrogen-bond acceptors (Lipinski definition) is 3. The molecule has 1 saturated heterocycles. The number of fused-ring (bicyclic) bond motifs is 1. The molecule has 22 heavy (non-hydrogen) atoms. The van der Waals surface area contributed by atoms with Crippen LogP contribution in [-0.4, -0.2) is 44.8 Å². The average Bonchev–Trinajstić information content (AvgIpc) is 3.02. The van der Waals surface area contributed by atoms with Crippen molar-refractivity contribution in [1.82, 2.24) is 25.0 Å². The molecule has 7 heteroatoms. The molecule has 0 saturated carbocycles.